The van der Waals surface area contributed by atoms with Crippen molar-refractivity contribution >= 4 is 5.91 Å². The van der Waals surface area contributed by atoms with Gasteiger partial charge in [-0.1, -0.05) is 0 Å². The van der Waals surface area contributed by atoms with Crippen LogP contribution < -0.4 is 0 Å². The van der Waals surface area contributed by atoms with E-state index in [0.29, 0.717) is 19.3 Å². The van der Waals surface area contributed by atoms with Gasteiger partial charge < -0.3 is 25.3 Å². The van der Waals surface area contributed by atoms with Crippen LogP contribution in [0.15, 0.2) is 0 Å². The number of terminal acetylenes is 1. The molecule has 112 valence electrons. The number of likely N-dealkylation sites (tertiary alicyclic amines) is 1. The lowest BCUT2D eigenvalue weighted by Gasteiger charge is -2.31. The number of fused-ring (bicyclic) bond motifs is 1. The van der Waals surface area contributed by atoms with E-state index in [-0.39, 0.29) is 18.6 Å². The van der Waals surface area contributed by atoms with Crippen LogP contribution in [0, 0.1) is 18.3 Å². The molecule has 6 atom stereocenters. The van der Waals surface area contributed by atoms with E-state index in [0.717, 1.165) is 6.42 Å². The van der Waals surface area contributed by atoms with Crippen molar-refractivity contribution in [2.75, 3.05) is 6.61 Å². The average Bonchev–Trinajstić information content (AvgIpc) is 3.17. The van der Waals surface area contributed by atoms with Crippen molar-refractivity contribution in [2.45, 2.75) is 56.1 Å². The summed E-state index contributed by atoms with van der Waals surface area (Å²) < 4.78 is 0. The van der Waals surface area contributed by atoms with Crippen LogP contribution in [-0.2, 0) is 4.79 Å². The summed E-state index contributed by atoms with van der Waals surface area (Å²) in [5.41, 5.74) is 0. The Morgan fingerprint density at radius 2 is 1.80 bits per heavy atom. The van der Waals surface area contributed by atoms with Gasteiger partial charge in [0.15, 0.2) is 0 Å². The Bertz CT molecular complexity index is 407. The maximum Gasteiger partial charge on any atom is 0.223 e. The third-order valence-electron chi connectivity index (χ3n) is 4.29. The summed E-state index contributed by atoms with van der Waals surface area (Å²) in [6.45, 7) is -0.326. The molecule has 20 heavy (non-hydrogen) atoms. The number of nitrogens with zero attached hydrogens (tertiary/aromatic N) is 1. The van der Waals surface area contributed by atoms with E-state index in [1.54, 1.807) is 0 Å². The molecule has 0 radical (unpaired) electrons. The molecule has 0 aromatic heterocycles. The van der Waals surface area contributed by atoms with Gasteiger partial charge in [-0.3, -0.25) is 4.79 Å². The Balaban J connectivity index is 1.95. The van der Waals surface area contributed by atoms with Crippen LogP contribution in [0.1, 0.15) is 25.7 Å². The molecule has 0 aromatic carbocycles. The van der Waals surface area contributed by atoms with Crippen LogP contribution in [0.5, 0.6) is 0 Å². The Morgan fingerprint density at radius 3 is 2.40 bits per heavy atom. The maximum absolute atomic E-state index is 12.1. The molecule has 6 nitrogen and oxygen atoms in total. The zero-order valence-corrected chi connectivity index (χ0v) is 11.2. The van der Waals surface area contributed by atoms with Gasteiger partial charge in [-0.05, 0) is 12.8 Å². The lowest BCUT2D eigenvalue weighted by molar-refractivity contribution is -0.127. The topological polar surface area (TPSA) is 101 Å². The first kappa shape index (κ1) is 15.3. The van der Waals surface area contributed by atoms with Crippen molar-refractivity contribution in [3.05, 3.63) is 0 Å². The summed E-state index contributed by atoms with van der Waals surface area (Å²) in [7, 11) is 0. The number of carbonyl (C=O) groups is 1. The number of unbranched alkanes of at least 4 members (excludes halogenated alkanes) is 2. The zero-order chi connectivity index (χ0) is 14.9. The van der Waals surface area contributed by atoms with Crippen molar-refractivity contribution in [3.63, 3.8) is 0 Å². The van der Waals surface area contributed by atoms with Crippen LogP contribution in [0.3, 0.4) is 0 Å². The number of amides is 1. The highest BCUT2D eigenvalue weighted by atomic mass is 16.4. The lowest BCUT2D eigenvalue weighted by Crippen LogP contribution is -2.52. The minimum absolute atomic E-state index is 0.129. The van der Waals surface area contributed by atoms with E-state index in [1.165, 1.54) is 4.90 Å². The van der Waals surface area contributed by atoms with Crippen molar-refractivity contribution in [1.82, 2.24) is 4.90 Å². The molecule has 1 saturated heterocycles. The molecule has 1 amide bonds. The van der Waals surface area contributed by atoms with Gasteiger partial charge in [0.25, 0.3) is 0 Å². The van der Waals surface area contributed by atoms with E-state index in [4.69, 9.17) is 6.42 Å². The molecule has 0 spiro atoms. The fourth-order valence-electron chi connectivity index (χ4n) is 3.13. The van der Waals surface area contributed by atoms with E-state index in [9.17, 15) is 25.2 Å². The molecule has 1 aliphatic heterocycles. The van der Waals surface area contributed by atoms with E-state index >= 15 is 0 Å². The number of aliphatic hydroxyl groups excluding tert-OH is 4. The summed E-state index contributed by atoms with van der Waals surface area (Å²) >= 11 is 0. The van der Waals surface area contributed by atoms with Crippen LogP contribution in [-0.4, -0.2) is 68.2 Å². The number of hydrogen-bond donors (Lipinski definition) is 4. The number of aliphatic hydroxyl groups is 4. The van der Waals surface area contributed by atoms with Gasteiger partial charge in [0, 0.05) is 18.8 Å². The summed E-state index contributed by atoms with van der Waals surface area (Å²) in [6.07, 6.45) is 3.82. The highest BCUT2D eigenvalue weighted by Crippen LogP contribution is 2.44. The summed E-state index contributed by atoms with van der Waals surface area (Å²) in [4.78, 5) is 13.5. The van der Waals surface area contributed by atoms with E-state index in [1.807, 2.05) is 0 Å². The highest BCUT2D eigenvalue weighted by molar-refractivity contribution is 5.80. The average molecular weight is 283 g/mol. The summed E-state index contributed by atoms with van der Waals surface area (Å²) in [6, 6.07) is -0.876. The molecule has 6 heteroatoms. The van der Waals surface area contributed by atoms with Crippen LogP contribution in [0.25, 0.3) is 0 Å². The molecule has 1 aliphatic carbocycles. The van der Waals surface area contributed by atoms with Crippen LogP contribution in [0.2, 0.25) is 0 Å². The van der Waals surface area contributed by atoms with Crippen molar-refractivity contribution in [3.8, 4) is 12.3 Å². The normalized spacial score (nSPS) is 39.0. The quantitative estimate of drug-likeness (QED) is 0.278. The second kappa shape index (κ2) is 6.10. The molecule has 0 aromatic rings. The summed E-state index contributed by atoms with van der Waals surface area (Å²) in [5, 5.41) is 38.7. The predicted molar refractivity (Wildman–Crippen MR) is 70.3 cm³/mol. The molecule has 0 bridgehead atoms. The smallest absolute Gasteiger partial charge is 0.223 e. The Kier molecular flexibility index (Phi) is 4.66. The van der Waals surface area contributed by atoms with Crippen molar-refractivity contribution in [1.29, 1.82) is 0 Å². The molecule has 0 unspecified atom stereocenters. The van der Waals surface area contributed by atoms with Gasteiger partial charge >= 0.3 is 0 Å². The Morgan fingerprint density at radius 1 is 1.10 bits per heavy atom. The molecule has 2 aliphatic rings. The molecule has 1 heterocycles. The molecule has 4 N–H and O–H groups in total. The minimum Gasteiger partial charge on any atom is -0.396 e. The highest BCUT2D eigenvalue weighted by Gasteiger charge is 2.65. The third-order valence-corrected chi connectivity index (χ3v) is 4.29. The van der Waals surface area contributed by atoms with Crippen LogP contribution >= 0.6 is 0 Å². The van der Waals surface area contributed by atoms with Gasteiger partial charge in [-0.15, -0.1) is 12.3 Å². The second-order valence-corrected chi connectivity index (χ2v) is 5.51. The Hall–Kier alpha value is -1.13. The van der Waals surface area contributed by atoms with E-state index < -0.39 is 30.3 Å². The SMILES string of the molecule is C#CCCCCC(=O)N1[C@@H]2[C@H](CO)[C@@H](O)[C@H](O)[C@@H](O)[C@@H]21. The number of hydrogen-bond acceptors (Lipinski definition) is 5. The lowest BCUT2D eigenvalue weighted by atomic mass is 9.83. The Labute approximate surface area is 118 Å². The summed E-state index contributed by atoms with van der Waals surface area (Å²) in [5.74, 6) is 1.77. The molecular weight excluding hydrogens is 262 g/mol. The first-order valence-electron chi connectivity index (χ1n) is 6.94. The fourth-order valence-corrected chi connectivity index (χ4v) is 3.13. The standard InChI is InChI=1S/C14H21NO5/c1-2-3-4-5-6-9(17)15-10-8(7-16)12(18)14(20)13(19)11(10)15/h1,8,10-14,16,18-20H,3-7H2/t8-,10+,11+,12+,13-,14-,15?/m0/s1. The van der Waals surface area contributed by atoms with Crippen molar-refractivity contribution in [2.24, 2.45) is 5.92 Å². The number of carbonyl (C=O) groups excluding carboxylic acids is 1. The molecule has 2 fully saturated rings. The van der Waals surface area contributed by atoms with E-state index in [2.05, 4.69) is 5.92 Å². The third kappa shape index (κ3) is 2.54. The van der Waals surface area contributed by atoms with Gasteiger partial charge in [-0.2, -0.15) is 0 Å². The molecule has 1 saturated carbocycles. The van der Waals surface area contributed by atoms with Gasteiger partial charge in [0.2, 0.25) is 5.91 Å². The first-order valence-corrected chi connectivity index (χ1v) is 6.94. The maximum atomic E-state index is 12.1. The van der Waals surface area contributed by atoms with Gasteiger partial charge in [0.1, 0.15) is 12.2 Å². The zero-order valence-electron chi connectivity index (χ0n) is 11.2. The van der Waals surface area contributed by atoms with Crippen LogP contribution in [0.4, 0.5) is 0 Å². The van der Waals surface area contributed by atoms with Crippen molar-refractivity contribution < 1.29 is 25.2 Å². The van der Waals surface area contributed by atoms with Gasteiger partial charge in [-0.25, -0.2) is 0 Å². The predicted octanol–water partition coefficient (Wildman–Crippen LogP) is -1.54. The minimum atomic E-state index is -1.33. The largest absolute Gasteiger partial charge is 0.396 e. The molecule has 2 rings (SSSR count). The number of rotatable bonds is 5. The van der Waals surface area contributed by atoms with Gasteiger partial charge in [0.05, 0.1) is 24.8 Å². The second-order valence-electron chi connectivity index (χ2n) is 5.51. The first-order chi connectivity index (χ1) is 9.54. The molecular formula is C14H21NO5. The monoisotopic (exact) mass is 283 g/mol. The fraction of sp³-hybridized carbons (Fsp3) is 0.786.